The molecule has 56 valence electrons. The molecule has 0 aliphatic carbocycles. The zero-order valence-electron chi connectivity index (χ0n) is 5.90. The Hall–Kier alpha value is -1.65. The van der Waals surface area contributed by atoms with Crippen molar-refractivity contribution in [1.82, 2.24) is 20.4 Å². The predicted octanol–water partition coefficient (Wildman–Crippen LogP) is 0.361. The number of hydrogen-bond donors (Lipinski definition) is 1. The molecule has 0 bridgehead atoms. The van der Waals surface area contributed by atoms with Crippen molar-refractivity contribution in [3.63, 3.8) is 0 Å². The maximum Gasteiger partial charge on any atom is 0.244 e. The number of aromatic nitrogens is 4. The van der Waals surface area contributed by atoms with Crippen LogP contribution in [0.2, 0.25) is 0 Å². The fourth-order valence-corrected chi connectivity index (χ4v) is 0.909. The first-order chi connectivity index (χ1) is 5.42. The molecular formula is C6H6N4O. The van der Waals surface area contributed by atoms with Gasteiger partial charge in [-0.15, -0.1) is 5.10 Å². The summed E-state index contributed by atoms with van der Waals surface area (Å²) in [6.07, 6.45) is 3.26. The first-order valence-electron chi connectivity index (χ1n) is 3.10. The molecule has 1 N–H and O–H groups in total. The molecule has 5 nitrogen and oxygen atoms in total. The van der Waals surface area contributed by atoms with Crippen LogP contribution in [0.5, 0.6) is 5.88 Å². The van der Waals surface area contributed by atoms with E-state index < -0.39 is 0 Å². The lowest BCUT2D eigenvalue weighted by molar-refractivity contribution is 0.398. The van der Waals surface area contributed by atoms with E-state index in [1.165, 1.54) is 0 Å². The summed E-state index contributed by atoms with van der Waals surface area (Å²) in [5.74, 6) is 0.497. The highest BCUT2D eigenvalue weighted by atomic mass is 16.5. The molecule has 0 atom stereocenters. The zero-order valence-corrected chi connectivity index (χ0v) is 5.90. The summed E-state index contributed by atoms with van der Waals surface area (Å²) in [5.41, 5.74) is 0.830. The highest BCUT2D eigenvalue weighted by Gasteiger charge is 2.02. The number of methoxy groups -OCH3 is 1. The lowest BCUT2D eigenvalue weighted by Gasteiger charge is -1.95. The molecule has 2 aromatic rings. The van der Waals surface area contributed by atoms with Crippen LogP contribution in [0, 0.1) is 0 Å². The fraction of sp³-hybridized carbons (Fsp3) is 0.167. The van der Waals surface area contributed by atoms with Crippen molar-refractivity contribution in [1.29, 1.82) is 0 Å². The molecule has 0 radical (unpaired) electrons. The molecule has 2 aromatic heterocycles. The molecule has 0 fully saturated rings. The van der Waals surface area contributed by atoms with Gasteiger partial charge in [0.2, 0.25) is 5.88 Å². The molecule has 0 aliphatic rings. The largest absolute Gasteiger partial charge is 0.479 e. The van der Waals surface area contributed by atoms with Crippen molar-refractivity contribution in [3.05, 3.63) is 12.4 Å². The number of ether oxygens (including phenoxy) is 1. The fourth-order valence-electron chi connectivity index (χ4n) is 0.909. The monoisotopic (exact) mass is 150 g/mol. The second-order valence-electron chi connectivity index (χ2n) is 2.05. The molecule has 2 heterocycles. The zero-order chi connectivity index (χ0) is 7.68. The maximum absolute atomic E-state index is 4.95. The number of nitrogens with one attached hydrogen (secondary N) is 1. The minimum Gasteiger partial charge on any atom is -0.479 e. The number of hydrogen-bond acceptors (Lipinski definition) is 4. The molecule has 0 saturated heterocycles. The molecule has 0 aliphatic heterocycles. The van der Waals surface area contributed by atoms with Crippen molar-refractivity contribution in [2.24, 2.45) is 0 Å². The Morgan fingerprint density at radius 3 is 3.18 bits per heavy atom. The Kier molecular flexibility index (Phi) is 1.21. The van der Waals surface area contributed by atoms with Crippen LogP contribution in [-0.2, 0) is 0 Å². The quantitative estimate of drug-likeness (QED) is 0.637. The number of fused-ring (bicyclic) bond motifs is 1. The van der Waals surface area contributed by atoms with E-state index in [1.54, 1.807) is 19.5 Å². The van der Waals surface area contributed by atoms with Crippen molar-refractivity contribution < 1.29 is 4.74 Å². The van der Waals surface area contributed by atoms with Crippen LogP contribution in [0.4, 0.5) is 0 Å². The van der Waals surface area contributed by atoms with Gasteiger partial charge in [-0.3, -0.25) is 5.10 Å². The third-order valence-electron chi connectivity index (χ3n) is 1.43. The third-order valence-corrected chi connectivity index (χ3v) is 1.43. The van der Waals surface area contributed by atoms with Gasteiger partial charge in [0.25, 0.3) is 0 Å². The molecule has 0 aromatic carbocycles. The van der Waals surface area contributed by atoms with E-state index in [1.807, 2.05) is 0 Å². The molecule has 5 heteroatoms. The van der Waals surface area contributed by atoms with Gasteiger partial charge in [-0.1, -0.05) is 0 Å². The Balaban J connectivity index is 2.79. The van der Waals surface area contributed by atoms with Crippen LogP contribution in [0.25, 0.3) is 10.9 Å². The SMILES string of the molecule is COc1nncc2[nH]ncc12. The van der Waals surface area contributed by atoms with E-state index in [-0.39, 0.29) is 0 Å². The number of H-pyrrole nitrogens is 1. The maximum atomic E-state index is 4.95. The predicted molar refractivity (Wildman–Crippen MR) is 38.2 cm³/mol. The molecule has 11 heavy (non-hydrogen) atoms. The lowest BCUT2D eigenvalue weighted by Crippen LogP contribution is -1.89. The minimum absolute atomic E-state index is 0.497. The second kappa shape index (κ2) is 2.19. The summed E-state index contributed by atoms with van der Waals surface area (Å²) in [4.78, 5) is 0. The van der Waals surface area contributed by atoms with Gasteiger partial charge in [-0.05, 0) is 0 Å². The van der Waals surface area contributed by atoms with Crippen molar-refractivity contribution in [3.8, 4) is 5.88 Å². The molecule has 0 saturated carbocycles. The second-order valence-corrected chi connectivity index (χ2v) is 2.05. The van der Waals surface area contributed by atoms with Gasteiger partial charge < -0.3 is 4.74 Å². The van der Waals surface area contributed by atoms with Crippen molar-refractivity contribution >= 4 is 10.9 Å². The molecule has 0 unspecified atom stereocenters. The first-order valence-corrected chi connectivity index (χ1v) is 3.10. The van der Waals surface area contributed by atoms with Crippen molar-refractivity contribution in [2.45, 2.75) is 0 Å². The van der Waals surface area contributed by atoms with E-state index in [9.17, 15) is 0 Å². The molecule has 2 rings (SSSR count). The van der Waals surface area contributed by atoms with Crippen LogP contribution >= 0.6 is 0 Å². The number of rotatable bonds is 1. The van der Waals surface area contributed by atoms with Crippen LogP contribution in [0.15, 0.2) is 12.4 Å². The van der Waals surface area contributed by atoms with Crippen LogP contribution in [0.3, 0.4) is 0 Å². The van der Waals surface area contributed by atoms with Crippen LogP contribution < -0.4 is 4.74 Å². The van der Waals surface area contributed by atoms with Crippen molar-refractivity contribution in [2.75, 3.05) is 7.11 Å². The van der Waals surface area contributed by atoms with Gasteiger partial charge in [0.1, 0.15) is 0 Å². The first kappa shape index (κ1) is 6.09. The topological polar surface area (TPSA) is 63.7 Å². The van der Waals surface area contributed by atoms with E-state index >= 15 is 0 Å². The Bertz CT molecular complexity index is 369. The number of aromatic amines is 1. The normalized spacial score (nSPS) is 10.3. The van der Waals surface area contributed by atoms with Gasteiger partial charge in [-0.2, -0.15) is 10.2 Å². The number of nitrogens with zero attached hydrogens (tertiary/aromatic N) is 3. The van der Waals surface area contributed by atoms with Gasteiger partial charge in [-0.25, -0.2) is 0 Å². The van der Waals surface area contributed by atoms with E-state index in [4.69, 9.17) is 4.74 Å². The average Bonchev–Trinajstić information content (AvgIpc) is 2.50. The standard InChI is InChI=1S/C6H6N4O/c1-11-6-4-2-7-9-5(4)3-8-10-6/h2-3H,1H3,(H,7,9). The Morgan fingerprint density at radius 2 is 2.36 bits per heavy atom. The summed E-state index contributed by atoms with van der Waals surface area (Å²) in [6.45, 7) is 0. The van der Waals surface area contributed by atoms with Gasteiger partial charge in [0, 0.05) is 0 Å². The summed E-state index contributed by atoms with van der Waals surface area (Å²) in [6, 6.07) is 0. The highest BCUT2D eigenvalue weighted by Crippen LogP contribution is 2.17. The molecule has 0 amide bonds. The van der Waals surface area contributed by atoms with Crippen LogP contribution in [0.1, 0.15) is 0 Å². The third kappa shape index (κ3) is 0.813. The minimum atomic E-state index is 0.497. The summed E-state index contributed by atoms with van der Waals surface area (Å²) >= 11 is 0. The highest BCUT2D eigenvalue weighted by molar-refractivity contribution is 5.81. The molecule has 0 spiro atoms. The summed E-state index contributed by atoms with van der Waals surface area (Å²) < 4.78 is 4.95. The lowest BCUT2D eigenvalue weighted by atomic mass is 10.4. The van der Waals surface area contributed by atoms with E-state index in [0.29, 0.717) is 5.88 Å². The Morgan fingerprint density at radius 1 is 1.45 bits per heavy atom. The van der Waals surface area contributed by atoms with Gasteiger partial charge in [0.15, 0.2) is 0 Å². The van der Waals surface area contributed by atoms with Crippen LogP contribution in [-0.4, -0.2) is 27.5 Å². The molecular weight excluding hydrogens is 144 g/mol. The summed E-state index contributed by atoms with van der Waals surface area (Å²) in [5, 5.41) is 14.9. The summed E-state index contributed by atoms with van der Waals surface area (Å²) in [7, 11) is 1.55. The van der Waals surface area contributed by atoms with Gasteiger partial charge >= 0.3 is 0 Å². The average molecular weight is 150 g/mol. The Labute approximate surface area is 62.4 Å². The van der Waals surface area contributed by atoms with E-state index in [2.05, 4.69) is 20.4 Å². The van der Waals surface area contributed by atoms with E-state index in [0.717, 1.165) is 10.9 Å². The van der Waals surface area contributed by atoms with Gasteiger partial charge in [0.05, 0.1) is 30.4 Å². The smallest absolute Gasteiger partial charge is 0.244 e.